The quantitative estimate of drug-likeness (QED) is 0.860. The molecule has 0 spiro atoms. The first-order valence-corrected chi connectivity index (χ1v) is 7.88. The normalized spacial score (nSPS) is 16.6. The summed E-state index contributed by atoms with van der Waals surface area (Å²) in [6.45, 7) is 1.02. The average Bonchev–Trinajstić information content (AvgIpc) is 2.59. The molecule has 0 aromatic heterocycles. The van der Waals surface area contributed by atoms with Gasteiger partial charge in [0.2, 0.25) is 5.91 Å². The third kappa shape index (κ3) is 3.48. The van der Waals surface area contributed by atoms with Crippen molar-refractivity contribution in [3.05, 3.63) is 65.7 Å². The molecule has 1 unspecified atom stereocenters. The molecule has 0 heterocycles. The summed E-state index contributed by atoms with van der Waals surface area (Å²) in [4.78, 5) is 12.4. The molecule has 114 valence electrons. The van der Waals surface area contributed by atoms with Crippen molar-refractivity contribution in [2.75, 3.05) is 13.2 Å². The van der Waals surface area contributed by atoms with E-state index in [1.54, 1.807) is 0 Å². The third-order valence-corrected chi connectivity index (χ3v) is 4.10. The summed E-state index contributed by atoms with van der Waals surface area (Å²) < 4.78 is 5.60. The van der Waals surface area contributed by atoms with Gasteiger partial charge in [0.05, 0.1) is 12.5 Å². The highest BCUT2D eigenvalue weighted by atomic mass is 16.5. The van der Waals surface area contributed by atoms with E-state index in [4.69, 9.17) is 4.74 Å². The molecule has 0 aliphatic heterocycles. The predicted octanol–water partition coefficient (Wildman–Crippen LogP) is 3.30. The van der Waals surface area contributed by atoms with Gasteiger partial charge in [-0.05, 0) is 42.5 Å². The molecule has 1 atom stereocenters. The molecular weight excluding hydrogens is 274 g/mol. The lowest BCUT2D eigenvalue weighted by atomic mass is 9.82. The van der Waals surface area contributed by atoms with Crippen molar-refractivity contribution in [2.45, 2.75) is 25.2 Å². The summed E-state index contributed by atoms with van der Waals surface area (Å²) >= 11 is 0. The SMILES string of the molecule is O=C(NCCOc1ccccc1)C1CCCc2ccccc21. The number of carbonyl (C=O) groups excluding carboxylic acids is 1. The highest BCUT2D eigenvalue weighted by Gasteiger charge is 2.25. The Morgan fingerprint density at radius 2 is 1.86 bits per heavy atom. The summed E-state index contributed by atoms with van der Waals surface area (Å²) in [5.41, 5.74) is 2.50. The molecule has 1 aliphatic carbocycles. The molecule has 0 bridgehead atoms. The fourth-order valence-corrected chi connectivity index (χ4v) is 3.01. The Kier molecular flexibility index (Phi) is 4.74. The van der Waals surface area contributed by atoms with Gasteiger partial charge < -0.3 is 10.1 Å². The van der Waals surface area contributed by atoms with Crippen molar-refractivity contribution in [2.24, 2.45) is 0 Å². The average molecular weight is 295 g/mol. The van der Waals surface area contributed by atoms with Crippen LogP contribution in [0.3, 0.4) is 0 Å². The van der Waals surface area contributed by atoms with Gasteiger partial charge in [-0.15, -0.1) is 0 Å². The van der Waals surface area contributed by atoms with Crippen LogP contribution in [0.5, 0.6) is 5.75 Å². The van der Waals surface area contributed by atoms with Crippen LogP contribution >= 0.6 is 0 Å². The smallest absolute Gasteiger partial charge is 0.227 e. The van der Waals surface area contributed by atoms with E-state index in [-0.39, 0.29) is 11.8 Å². The molecule has 3 rings (SSSR count). The minimum atomic E-state index is -0.0123. The second-order valence-electron chi connectivity index (χ2n) is 5.60. The second kappa shape index (κ2) is 7.12. The minimum Gasteiger partial charge on any atom is -0.492 e. The summed E-state index contributed by atoms with van der Waals surface area (Å²) in [6.07, 6.45) is 3.09. The van der Waals surface area contributed by atoms with Crippen LogP contribution in [-0.4, -0.2) is 19.1 Å². The van der Waals surface area contributed by atoms with Gasteiger partial charge in [0, 0.05) is 0 Å². The molecule has 0 radical (unpaired) electrons. The number of amides is 1. The molecule has 0 saturated heterocycles. The Bertz CT molecular complexity index is 624. The molecule has 1 aliphatic rings. The summed E-state index contributed by atoms with van der Waals surface area (Å²) in [5, 5.41) is 3.00. The van der Waals surface area contributed by atoms with Gasteiger partial charge in [-0.25, -0.2) is 0 Å². The number of hydrogen-bond donors (Lipinski definition) is 1. The lowest BCUT2D eigenvalue weighted by Gasteiger charge is -2.24. The number of hydrogen-bond acceptors (Lipinski definition) is 2. The van der Waals surface area contributed by atoms with Gasteiger partial charge in [-0.3, -0.25) is 4.79 Å². The highest BCUT2D eigenvalue weighted by Crippen LogP contribution is 2.31. The number of para-hydroxylation sites is 1. The molecule has 3 heteroatoms. The number of fused-ring (bicyclic) bond motifs is 1. The van der Waals surface area contributed by atoms with Crippen LogP contribution in [0.4, 0.5) is 0 Å². The molecule has 1 amide bonds. The first-order valence-electron chi connectivity index (χ1n) is 7.88. The minimum absolute atomic E-state index is 0.0123. The number of rotatable bonds is 5. The van der Waals surface area contributed by atoms with E-state index in [0.29, 0.717) is 13.2 Å². The van der Waals surface area contributed by atoms with Gasteiger partial charge in [-0.2, -0.15) is 0 Å². The third-order valence-electron chi connectivity index (χ3n) is 4.10. The zero-order chi connectivity index (χ0) is 15.2. The van der Waals surface area contributed by atoms with Crippen LogP contribution in [0, 0.1) is 0 Å². The number of aryl methyl sites for hydroxylation is 1. The molecule has 2 aromatic carbocycles. The van der Waals surface area contributed by atoms with Crippen molar-refractivity contribution in [3.63, 3.8) is 0 Å². The monoisotopic (exact) mass is 295 g/mol. The summed E-state index contributed by atoms with van der Waals surface area (Å²) in [6, 6.07) is 17.9. The Balaban J connectivity index is 1.51. The number of benzene rings is 2. The van der Waals surface area contributed by atoms with Crippen molar-refractivity contribution in [3.8, 4) is 5.75 Å². The van der Waals surface area contributed by atoms with Crippen LogP contribution in [0.1, 0.15) is 29.9 Å². The second-order valence-corrected chi connectivity index (χ2v) is 5.60. The van der Waals surface area contributed by atoms with Gasteiger partial charge in [-0.1, -0.05) is 42.5 Å². The van der Waals surface area contributed by atoms with Crippen molar-refractivity contribution in [1.29, 1.82) is 0 Å². The molecule has 2 aromatic rings. The van der Waals surface area contributed by atoms with E-state index in [9.17, 15) is 4.79 Å². The Morgan fingerprint density at radius 1 is 1.09 bits per heavy atom. The van der Waals surface area contributed by atoms with Crippen molar-refractivity contribution >= 4 is 5.91 Å². The van der Waals surface area contributed by atoms with Gasteiger partial charge in [0.15, 0.2) is 0 Å². The Morgan fingerprint density at radius 3 is 2.73 bits per heavy atom. The van der Waals surface area contributed by atoms with Crippen LogP contribution in [0.25, 0.3) is 0 Å². The molecule has 0 fully saturated rings. The van der Waals surface area contributed by atoms with Crippen LogP contribution in [-0.2, 0) is 11.2 Å². The van der Waals surface area contributed by atoms with E-state index in [2.05, 4.69) is 17.4 Å². The molecule has 0 saturated carbocycles. The summed E-state index contributed by atoms with van der Waals surface area (Å²) in [5.74, 6) is 0.935. The zero-order valence-corrected chi connectivity index (χ0v) is 12.6. The van der Waals surface area contributed by atoms with Gasteiger partial charge >= 0.3 is 0 Å². The van der Waals surface area contributed by atoms with E-state index in [1.165, 1.54) is 11.1 Å². The van der Waals surface area contributed by atoms with Crippen LogP contribution in [0.2, 0.25) is 0 Å². The standard InChI is InChI=1S/C19H21NO2/c21-19(20-13-14-22-16-9-2-1-3-10-16)18-12-6-8-15-7-4-5-11-17(15)18/h1-5,7,9-11,18H,6,8,12-14H2,(H,20,21). The van der Waals surface area contributed by atoms with Crippen molar-refractivity contribution < 1.29 is 9.53 Å². The first kappa shape index (κ1) is 14.6. The Labute approximate surface area is 131 Å². The van der Waals surface area contributed by atoms with Gasteiger partial charge in [0.25, 0.3) is 0 Å². The van der Waals surface area contributed by atoms with Crippen LogP contribution in [0.15, 0.2) is 54.6 Å². The summed E-state index contributed by atoms with van der Waals surface area (Å²) in [7, 11) is 0. The van der Waals surface area contributed by atoms with E-state index in [0.717, 1.165) is 25.0 Å². The fraction of sp³-hybridized carbons (Fsp3) is 0.316. The maximum atomic E-state index is 12.4. The van der Waals surface area contributed by atoms with E-state index < -0.39 is 0 Å². The highest BCUT2D eigenvalue weighted by molar-refractivity contribution is 5.84. The predicted molar refractivity (Wildman–Crippen MR) is 87.1 cm³/mol. The Hall–Kier alpha value is -2.29. The molecule has 3 nitrogen and oxygen atoms in total. The number of ether oxygens (including phenoxy) is 1. The number of carbonyl (C=O) groups is 1. The maximum Gasteiger partial charge on any atom is 0.227 e. The van der Waals surface area contributed by atoms with Crippen LogP contribution < -0.4 is 10.1 Å². The maximum absolute atomic E-state index is 12.4. The van der Waals surface area contributed by atoms with Gasteiger partial charge in [0.1, 0.15) is 12.4 Å². The zero-order valence-electron chi connectivity index (χ0n) is 12.6. The first-order chi connectivity index (χ1) is 10.8. The molecular formula is C19H21NO2. The van der Waals surface area contributed by atoms with E-state index >= 15 is 0 Å². The molecule has 22 heavy (non-hydrogen) atoms. The van der Waals surface area contributed by atoms with E-state index in [1.807, 2.05) is 42.5 Å². The van der Waals surface area contributed by atoms with Crippen molar-refractivity contribution in [1.82, 2.24) is 5.32 Å². The lowest BCUT2D eigenvalue weighted by Crippen LogP contribution is -2.34. The number of nitrogens with one attached hydrogen (secondary N) is 1. The fourth-order valence-electron chi connectivity index (χ4n) is 3.01. The lowest BCUT2D eigenvalue weighted by molar-refractivity contribution is -0.123. The largest absolute Gasteiger partial charge is 0.492 e. The topological polar surface area (TPSA) is 38.3 Å². The molecule has 1 N–H and O–H groups in total.